The summed E-state index contributed by atoms with van der Waals surface area (Å²) in [4.78, 5) is 28.6. The molecule has 0 saturated carbocycles. The fourth-order valence-corrected chi connectivity index (χ4v) is 4.15. The van der Waals surface area contributed by atoms with E-state index in [0.29, 0.717) is 42.5 Å². The van der Waals surface area contributed by atoms with Crippen molar-refractivity contribution in [1.82, 2.24) is 9.55 Å². The second kappa shape index (κ2) is 8.88. The third kappa shape index (κ3) is 4.70. The quantitative estimate of drug-likeness (QED) is 0.523. The number of carboxylic acids is 1. The number of ether oxygens (including phenoxy) is 3. The van der Waals surface area contributed by atoms with Crippen molar-refractivity contribution in [3.63, 3.8) is 0 Å². The first kappa shape index (κ1) is 23.1. The van der Waals surface area contributed by atoms with E-state index in [9.17, 15) is 14.7 Å². The molecule has 31 heavy (non-hydrogen) atoms. The highest BCUT2D eigenvalue weighted by atomic mass is 35.5. The highest BCUT2D eigenvalue weighted by Gasteiger charge is 2.38. The molecule has 3 heterocycles. The Labute approximate surface area is 185 Å². The minimum atomic E-state index is -1.28. The number of aromatic nitrogens is 2. The van der Waals surface area contributed by atoms with E-state index in [4.69, 9.17) is 25.8 Å². The van der Waals surface area contributed by atoms with Crippen LogP contribution in [0.1, 0.15) is 50.5 Å². The van der Waals surface area contributed by atoms with E-state index < -0.39 is 11.4 Å². The molecule has 2 unspecified atom stereocenters. The molecule has 168 valence electrons. The lowest BCUT2D eigenvalue weighted by Gasteiger charge is -2.36. The van der Waals surface area contributed by atoms with Gasteiger partial charge in [0.1, 0.15) is 17.4 Å². The molecular formula is C22H27ClN2O6. The molecule has 2 aromatic rings. The molecule has 8 nitrogen and oxygen atoms in total. The molecule has 0 aromatic carbocycles. The van der Waals surface area contributed by atoms with Crippen molar-refractivity contribution in [1.29, 1.82) is 0 Å². The Morgan fingerprint density at radius 2 is 2.03 bits per heavy atom. The maximum atomic E-state index is 12.5. The number of fused-ring (bicyclic) bond motifs is 3. The van der Waals surface area contributed by atoms with Crippen LogP contribution in [0.5, 0.6) is 11.5 Å². The van der Waals surface area contributed by atoms with Gasteiger partial charge in [0.25, 0.3) is 0 Å². The molecule has 0 saturated heterocycles. The predicted molar refractivity (Wildman–Crippen MR) is 116 cm³/mol. The summed E-state index contributed by atoms with van der Waals surface area (Å²) < 4.78 is 18.8. The maximum absolute atomic E-state index is 12.5. The first-order valence-electron chi connectivity index (χ1n) is 10.0. The van der Waals surface area contributed by atoms with Gasteiger partial charge in [-0.3, -0.25) is 4.79 Å². The van der Waals surface area contributed by atoms with Crippen molar-refractivity contribution in [3.05, 3.63) is 39.3 Å². The third-order valence-electron chi connectivity index (χ3n) is 5.16. The molecule has 3 rings (SSSR count). The summed E-state index contributed by atoms with van der Waals surface area (Å²) in [5.41, 5.74) is -0.420. The average Bonchev–Trinajstić information content (AvgIpc) is 2.77. The van der Waals surface area contributed by atoms with Crippen LogP contribution in [-0.2, 0) is 4.74 Å². The van der Waals surface area contributed by atoms with Gasteiger partial charge in [-0.05, 0) is 12.3 Å². The van der Waals surface area contributed by atoms with Crippen molar-refractivity contribution in [2.45, 2.75) is 46.3 Å². The van der Waals surface area contributed by atoms with Crippen LogP contribution in [0.3, 0.4) is 0 Å². The molecular weight excluding hydrogens is 424 g/mol. The van der Waals surface area contributed by atoms with Gasteiger partial charge in [-0.15, -0.1) is 0 Å². The summed E-state index contributed by atoms with van der Waals surface area (Å²) in [5, 5.41) is 9.61. The lowest BCUT2D eigenvalue weighted by molar-refractivity contribution is 0.0686. The van der Waals surface area contributed by atoms with E-state index in [-0.39, 0.29) is 28.3 Å². The van der Waals surface area contributed by atoms with Crippen LogP contribution in [0.15, 0.2) is 23.1 Å². The van der Waals surface area contributed by atoms with Gasteiger partial charge in [-0.25, -0.2) is 9.78 Å². The molecule has 0 bridgehead atoms. The Kier molecular flexibility index (Phi) is 6.62. The van der Waals surface area contributed by atoms with Crippen LogP contribution >= 0.6 is 11.6 Å². The SMILES string of the molecule is COCCCOc1cc2c(nc1Cl)-c1cc(=O)c(C(=O)O)cn1C(C(C)(C)C)C(C)O2. The Balaban J connectivity index is 2.18. The number of carbonyl (C=O) groups is 1. The maximum Gasteiger partial charge on any atom is 0.341 e. The molecule has 0 spiro atoms. The highest BCUT2D eigenvalue weighted by Crippen LogP contribution is 2.44. The number of carboxylic acid groups (broad SMARTS) is 1. The van der Waals surface area contributed by atoms with E-state index in [1.54, 1.807) is 17.7 Å². The van der Waals surface area contributed by atoms with Gasteiger partial charge in [0.15, 0.2) is 22.1 Å². The minimum absolute atomic E-state index is 0.128. The molecule has 1 aliphatic heterocycles. The molecule has 2 aromatic heterocycles. The number of aromatic carboxylic acids is 1. The number of pyridine rings is 2. The normalized spacial score (nSPS) is 17.9. The number of hydrogen-bond donors (Lipinski definition) is 1. The molecule has 1 N–H and O–H groups in total. The summed E-state index contributed by atoms with van der Waals surface area (Å²) >= 11 is 6.37. The van der Waals surface area contributed by atoms with Crippen molar-refractivity contribution in [2.24, 2.45) is 5.41 Å². The van der Waals surface area contributed by atoms with E-state index in [2.05, 4.69) is 4.98 Å². The van der Waals surface area contributed by atoms with Crippen LogP contribution in [-0.4, -0.2) is 47.1 Å². The minimum Gasteiger partial charge on any atom is -0.490 e. The largest absolute Gasteiger partial charge is 0.490 e. The van der Waals surface area contributed by atoms with E-state index >= 15 is 0 Å². The van der Waals surface area contributed by atoms with Gasteiger partial charge in [0.05, 0.1) is 18.3 Å². The highest BCUT2D eigenvalue weighted by molar-refractivity contribution is 6.31. The zero-order chi connectivity index (χ0) is 22.9. The van der Waals surface area contributed by atoms with Gasteiger partial charge in [-0.2, -0.15) is 0 Å². The van der Waals surface area contributed by atoms with Crippen molar-refractivity contribution < 1.29 is 24.1 Å². The molecule has 0 radical (unpaired) electrons. The Bertz CT molecular complexity index is 1040. The Morgan fingerprint density at radius 3 is 2.65 bits per heavy atom. The topological polar surface area (TPSA) is 99.9 Å². The first-order chi connectivity index (χ1) is 14.5. The number of nitrogens with zero attached hydrogens (tertiary/aromatic N) is 2. The lowest BCUT2D eigenvalue weighted by Crippen LogP contribution is -2.36. The third-order valence-corrected chi connectivity index (χ3v) is 5.43. The fraction of sp³-hybridized carbons (Fsp3) is 0.500. The zero-order valence-electron chi connectivity index (χ0n) is 18.3. The summed E-state index contributed by atoms with van der Waals surface area (Å²) in [5.74, 6) is -0.493. The van der Waals surface area contributed by atoms with Crippen LogP contribution < -0.4 is 14.9 Å². The van der Waals surface area contributed by atoms with Gasteiger partial charge in [0, 0.05) is 38.5 Å². The molecule has 0 fully saturated rings. The van der Waals surface area contributed by atoms with E-state index in [0.717, 1.165) is 0 Å². The molecule has 2 atom stereocenters. The number of halogens is 1. The summed E-state index contributed by atoms with van der Waals surface area (Å²) in [6.07, 6.45) is 1.70. The second-order valence-corrected chi connectivity index (χ2v) is 8.96. The summed E-state index contributed by atoms with van der Waals surface area (Å²) in [7, 11) is 1.62. The zero-order valence-corrected chi connectivity index (χ0v) is 19.0. The predicted octanol–water partition coefficient (Wildman–Crippen LogP) is 4.05. The Hall–Kier alpha value is -2.58. The number of methoxy groups -OCH3 is 1. The van der Waals surface area contributed by atoms with Gasteiger partial charge in [-0.1, -0.05) is 32.4 Å². The van der Waals surface area contributed by atoms with Crippen molar-refractivity contribution in [2.75, 3.05) is 20.3 Å². The first-order valence-corrected chi connectivity index (χ1v) is 10.4. The van der Waals surface area contributed by atoms with E-state index in [1.165, 1.54) is 12.3 Å². The number of rotatable bonds is 6. The van der Waals surface area contributed by atoms with Crippen LogP contribution in [0, 0.1) is 5.41 Å². The fourth-order valence-electron chi connectivity index (χ4n) is 3.96. The van der Waals surface area contributed by atoms with Gasteiger partial charge >= 0.3 is 5.97 Å². The van der Waals surface area contributed by atoms with Crippen molar-refractivity contribution >= 4 is 17.6 Å². The average molecular weight is 451 g/mol. The smallest absolute Gasteiger partial charge is 0.341 e. The summed E-state index contributed by atoms with van der Waals surface area (Å²) in [6, 6.07) is 2.67. The molecule has 0 aliphatic carbocycles. The van der Waals surface area contributed by atoms with E-state index in [1.807, 2.05) is 27.7 Å². The standard InChI is InChI=1S/C22H27ClN2O6/c1-12-19(22(2,3)4)25-11-13(21(27)28)15(26)9-14(25)18-16(31-12)10-17(20(23)24-18)30-8-6-7-29-5/h9-12,19H,6-8H2,1-5H3,(H,27,28). The van der Waals surface area contributed by atoms with Crippen LogP contribution in [0.2, 0.25) is 5.15 Å². The lowest BCUT2D eigenvalue weighted by atomic mass is 9.83. The van der Waals surface area contributed by atoms with Crippen LogP contribution in [0.25, 0.3) is 11.4 Å². The second-order valence-electron chi connectivity index (χ2n) is 8.60. The molecule has 1 aliphatic rings. The Morgan fingerprint density at radius 1 is 1.32 bits per heavy atom. The van der Waals surface area contributed by atoms with Gasteiger partial charge in [0.2, 0.25) is 0 Å². The van der Waals surface area contributed by atoms with Crippen molar-refractivity contribution in [3.8, 4) is 22.9 Å². The monoisotopic (exact) mass is 450 g/mol. The summed E-state index contributed by atoms with van der Waals surface area (Å²) in [6.45, 7) is 8.94. The van der Waals surface area contributed by atoms with Crippen LogP contribution in [0.4, 0.5) is 0 Å². The number of hydrogen-bond acceptors (Lipinski definition) is 6. The molecule has 0 amide bonds. The van der Waals surface area contributed by atoms with Gasteiger partial charge < -0.3 is 23.9 Å². The molecule has 9 heteroatoms.